The van der Waals surface area contributed by atoms with E-state index < -0.39 is 0 Å². The monoisotopic (exact) mass is 336 g/mol. The van der Waals surface area contributed by atoms with Gasteiger partial charge in [0, 0.05) is 26.0 Å². The van der Waals surface area contributed by atoms with Gasteiger partial charge in [-0.15, -0.1) is 0 Å². The van der Waals surface area contributed by atoms with E-state index in [9.17, 15) is 4.79 Å². The summed E-state index contributed by atoms with van der Waals surface area (Å²) in [5.74, 6) is 0.0730. The van der Waals surface area contributed by atoms with E-state index in [2.05, 4.69) is 27.6 Å². The van der Waals surface area contributed by atoms with Crippen LogP contribution in [0.1, 0.15) is 12.0 Å². The van der Waals surface area contributed by atoms with Gasteiger partial charge in [-0.25, -0.2) is 0 Å². The van der Waals surface area contributed by atoms with E-state index in [1.807, 2.05) is 42.3 Å². The molecule has 1 aliphatic rings. The zero-order chi connectivity index (χ0) is 17.2. The topological polar surface area (TPSA) is 68.0 Å². The standard InChI is InChI=1S/C18H20N6O/c1-22-13-16(10-19-22)24-8-7-17(18(24)25)21-15-9-20-23(12-15)11-14-5-3-2-4-6-14/h2-6,9-10,12-13,17,21H,7-8,11H2,1H3/t17-/m1/s1. The lowest BCUT2D eigenvalue weighted by Crippen LogP contribution is -2.33. The summed E-state index contributed by atoms with van der Waals surface area (Å²) in [6, 6.07) is 9.95. The predicted octanol–water partition coefficient (Wildman–Crippen LogP) is 1.88. The van der Waals surface area contributed by atoms with Crippen LogP contribution in [0.25, 0.3) is 0 Å². The molecule has 3 aromatic rings. The Labute approximate surface area is 145 Å². The Hall–Kier alpha value is -3.09. The van der Waals surface area contributed by atoms with Crippen molar-refractivity contribution >= 4 is 17.3 Å². The van der Waals surface area contributed by atoms with Crippen molar-refractivity contribution < 1.29 is 4.79 Å². The number of nitrogens with one attached hydrogen (secondary N) is 1. The minimum Gasteiger partial charge on any atom is -0.371 e. The first-order chi connectivity index (χ1) is 12.2. The Kier molecular flexibility index (Phi) is 3.97. The summed E-state index contributed by atoms with van der Waals surface area (Å²) in [6.45, 7) is 1.41. The number of nitrogens with zero attached hydrogens (tertiary/aromatic N) is 5. The van der Waals surface area contributed by atoms with Crippen molar-refractivity contribution in [2.24, 2.45) is 7.05 Å². The summed E-state index contributed by atoms with van der Waals surface area (Å²) in [5.41, 5.74) is 2.90. The summed E-state index contributed by atoms with van der Waals surface area (Å²) in [5, 5.41) is 11.8. The summed E-state index contributed by atoms with van der Waals surface area (Å²) >= 11 is 0. The first-order valence-electron chi connectivity index (χ1n) is 8.32. The Morgan fingerprint density at radius 2 is 2.00 bits per heavy atom. The van der Waals surface area contributed by atoms with Crippen LogP contribution in [-0.4, -0.2) is 38.1 Å². The van der Waals surface area contributed by atoms with Gasteiger partial charge in [0.25, 0.3) is 0 Å². The molecular formula is C18H20N6O. The van der Waals surface area contributed by atoms with Gasteiger partial charge in [-0.2, -0.15) is 10.2 Å². The molecule has 3 heterocycles. The number of anilines is 2. The molecule has 1 aromatic carbocycles. The summed E-state index contributed by atoms with van der Waals surface area (Å²) < 4.78 is 3.58. The van der Waals surface area contributed by atoms with Crippen LogP contribution >= 0.6 is 0 Å². The maximum atomic E-state index is 12.6. The quantitative estimate of drug-likeness (QED) is 0.772. The Morgan fingerprint density at radius 3 is 2.76 bits per heavy atom. The highest BCUT2D eigenvalue weighted by Crippen LogP contribution is 2.23. The highest BCUT2D eigenvalue weighted by Gasteiger charge is 2.33. The van der Waals surface area contributed by atoms with Crippen LogP contribution < -0.4 is 10.2 Å². The molecule has 2 aromatic heterocycles. The normalized spacial score (nSPS) is 17.2. The molecule has 0 saturated carbocycles. The Morgan fingerprint density at radius 1 is 1.16 bits per heavy atom. The molecule has 1 fully saturated rings. The summed E-state index contributed by atoms with van der Waals surface area (Å²) in [7, 11) is 1.85. The third-order valence-corrected chi connectivity index (χ3v) is 4.37. The van der Waals surface area contributed by atoms with Gasteiger partial charge in [-0.05, 0) is 12.0 Å². The van der Waals surface area contributed by atoms with E-state index in [-0.39, 0.29) is 11.9 Å². The fraction of sp³-hybridized carbons (Fsp3) is 0.278. The molecule has 1 N–H and O–H groups in total. The van der Waals surface area contributed by atoms with Crippen LogP contribution in [0.15, 0.2) is 55.1 Å². The van der Waals surface area contributed by atoms with Crippen LogP contribution in [0.2, 0.25) is 0 Å². The average molecular weight is 336 g/mol. The fourth-order valence-corrected chi connectivity index (χ4v) is 3.11. The molecule has 7 nitrogen and oxygen atoms in total. The molecule has 0 spiro atoms. The molecule has 25 heavy (non-hydrogen) atoms. The third kappa shape index (κ3) is 3.26. The number of rotatable bonds is 5. The lowest BCUT2D eigenvalue weighted by atomic mass is 10.2. The first kappa shape index (κ1) is 15.4. The number of hydrogen-bond acceptors (Lipinski definition) is 4. The van der Waals surface area contributed by atoms with Crippen LogP contribution in [0, 0.1) is 0 Å². The van der Waals surface area contributed by atoms with E-state index in [0.29, 0.717) is 13.1 Å². The summed E-state index contributed by atoms with van der Waals surface area (Å²) in [6.07, 6.45) is 8.05. The third-order valence-electron chi connectivity index (χ3n) is 4.37. The molecule has 1 amide bonds. The predicted molar refractivity (Wildman–Crippen MR) is 95.4 cm³/mol. The van der Waals surface area contributed by atoms with Gasteiger partial charge in [0.15, 0.2) is 0 Å². The van der Waals surface area contributed by atoms with Gasteiger partial charge in [0.1, 0.15) is 6.04 Å². The van der Waals surface area contributed by atoms with E-state index >= 15 is 0 Å². The number of amides is 1. The van der Waals surface area contributed by atoms with E-state index in [0.717, 1.165) is 17.8 Å². The van der Waals surface area contributed by atoms with Gasteiger partial charge >= 0.3 is 0 Å². The van der Waals surface area contributed by atoms with Crippen molar-refractivity contribution in [3.05, 3.63) is 60.7 Å². The lowest BCUT2D eigenvalue weighted by molar-refractivity contribution is -0.117. The van der Waals surface area contributed by atoms with Gasteiger partial charge in [-0.1, -0.05) is 30.3 Å². The Balaban J connectivity index is 1.40. The number of carbonyl (C=O) groups excluding carboxylic acids is 1. The van der Waals surface area contributed by atoms with Crippen molar-refractivity contribution in [2.75, 3.05) is 16.8 Å². The number of aromatic nitrogens is 4. The lowest BCUT2D eigenvalue weighted by Gasteiger charge is -2.15. The van der Waals surface area contributed by atoms with E-state index in [1.165, 1.54) is 5.56 Å². The number of carbonyl (C=O) groups is 1. The highest BCUT2D eigenvalue weighted by atomic mass is 16.2. The zero-order valence-corrected chi connectivity index (χ0v) is 14.0. The molecule has 4 rings (SSSR count). The van der Waals surface area contributed by atoms with Crippen molar-refractivity contribution in [1.82, 2.24) is 19.6 Å². The second-order valence-electron chi connectivity index (χ2n) is 6.26. The molecule has 0 radical (unpaired) electrons. The second kappa shape index (κ2) is 6.43. The van der Waals surface area contributed by atoms with Crippen LogP contribution in [0.3, 0.4) is 0 Å². The fourth-order valence-electron chi connectivity index (χ4n) is 3.11. The molecule has 0 bridgehead atoms. The Bertz CT molecular complexity index is 869. The van der Waals surface area contributed by atoms with E-state index in [1.54, 1.807) is 22.0 Å². The smallest absolute Gasteiger partial charge is 0.249 e. The van der Waals surface area contributed by atoms with Crippen LogP contribution in [-0.2, 0) is 18.4 Å². The number of benzene rings is 1. The van der Waals surface area contributed by atoms with E-state index in [4.69, 9.17) is 0 Å². The largest absolute Gasteiger partial charge is 0.371 e. The minimum absolute atomic E-state index is 0.0730. The first-order valence-corrected chi connectivity index (χ1v) is 8.32. The maximum absolute atomic E-state index is 12.6. The van der Waals surface area contributed by atoms with Crippen molar-refractivity contribution in [3.63, 3.8) is 0 Å². The molecule has 7 heteroatoms. The van der Waals surface area contributed by atoms with Gasteiger partial charge in [0.05, 0.1) is 30.3 Å². The molecule has 0 unspecified atom stereocenters. The van der Waals surface area contributed by atoms with Crippen molar-refractivity contribution in [2.45, 2.75) is 19.0 Å². The minimum atomic E-state index is -0.227. The molecule has 0 aliphatic carbocycles. The SMILES string of the molecule is Cn1cc(N2CC[C@@H](Nc3cnn(Cc4ccccc4)c3)C2=O)cn1. The van der Waals surface area contributed by atoms with Gasteiger partial charge < -0.3 is 10.2 Å². The number of hydrogen-bond donors (Lipinski definition) is 1. The van der Waals surface area contributed by atoms with Crippen molar-refractivity contribution in [3.8, 4) is 0 Å². The average Bonchev–Trinajstić information content (AvgIpc) is 3.31. The molecule has 1 aliphatic heterocycles. The van der Waals surface area contributed by atoms with Crippen LogP contribution in [0.5, 0.6) is 0 Å². The number of aryl methyl sites for hydroxylation is 1. The molecular weight excluding hydrogens is 316 g/mol. The zero-order valence-electron chi connectivity index (χ0n) is 14.0. The van der Waals surface area contributed by atoms with Gasteiger partial charge in [0.2, 0.25) is 5.91 Å². The maximum Gasteiger partial charge on any atom is 0.249 e. The summed E-state index contributed by atoms with van der Waals surface area (Å²) in [4.78, 5) is 14.4. The molecule has 1 atom stereocenters. The second-order valence-corrected chi connectivity index (χ2v) is 6.26. The molecule has 1 saturated heterocycles. The van der Waals surface area contributed by atoms with Crippen molar-refractivity contribution in [1.29, 1.82) is 0 Å². The van der Waals surface area contributed by atoms with Gasteiger partial charge in [-0.3, -0.25) is 14.2 Å². The molecule has 128 valence electrons. The van der Waals surface area contributed by atoms with Crippen LogP contribution in [0.4, 0.5) is 11.4 Å². The highest BCUT2D eigenvalue weighted by molar-refractivity contribution is 6.00.